The lowest BCUT2D eigenvalue weighted by atomic mass is 10.1. The second-order valence-corrected chi connectivity index (χ2v) is 5.57. The van der Waals surface area contributed by atoms with Gasteiger partial charge in [-0.2, -0.15) is 0 Å². The van der Waals surface area contributed by atoms with Crippen molar-refractivity contribution in [2.75, 3.05) is 31.6 Å². The van der Waals surface area contributed by atoms with Crippen LogP contribution in [0.5, 0.6) is 0 Å². The third-order valence-corrected chi connectivity index (χ3v) is 3.76. The maximum Gasteiger partial charge on any atom is 0.128 e. The second-order valence-electron chi connectivity index (χ2n) is 5.57. The SMILES string of the molecule is CNCCC1CCN(c2cccc(C(C)C)n2)C1. The number of nitrogens with one attached hydrogen (secondary N) is 1. The quantitative estimate of drug-likeness (QED) is 0.867. The van der Waals surface area contributed by atoms with E-state index in [1.807, 2.05) is 7.05 Å². The van der Waals surface area contributed by atoms with E-state index in [9.17, 15) is 0 Å². The highest BCUT2D eigenvalue weighted by Crippen LogP contribution is 2.25. The maximum absolute atomic E-state index is 4.78. The molecule has 0 aliphatic carbocycles. The molecule has 1 aliphatic rings. The van der Waals surface area contributed by atoms with Crippen LogP contribution in [-0.4, -0.2) is 31.7 Å². The molecule has 1 fully saturated rings. The number of anilines is 1. The van der Waals surface area contributed by atoms with Gasteiger partial charge in [0.15, 0.2) is 0 Å². The number of nitrogens with zero attached hydrogens (tertiary/aromatic N) is 2. The summed E-state index contributed by atoms with van der Waals surface area (Å²) in [6.45, 7) is 7.84. The van der Waals surface area contributed by atoms with Crippen molar-refractivity contribution in [2.24, 2.45) is 5.92 Å². The lowest BCUT2D eigenvalue weighted by molar-refractivity contribution is 0.521. The predicted octanol–water partition coefficient (Wildman–Crippen LogP) is 2.64. The van der Waals surface area contributed by atoms with Gasteiger partial charge in [-0.25, -0.2) is 4.98 Å². The summed E-state index contributed by atoms with van der Waals surface area (Å²) in [5.41, 5.74) is 1.20. The first-order chi connectivity index (χ1) is 8.70. The highest BCUT2D eigenvalue weighted by molar-refractivity contribution is 5.40. The molecule has 0 amide bonds. The van der Waals surface area contributed by atoms with Crippen molar-refractivity contribution in [3.05, 3.63) is 23.9 Å². The van der Waals surface area contributed by atoms with Crippen LogP contribution < -0.4 is 10.2 Å². The fourth-order valence-electron chi connectivity index (χ4n) is 2.56. The molecule has 100 valence electrons. The minimum atomic E-state index is 0.507. The van der Waals surface area contributed by atoms with Crippen LogP contribution in [0.1, 0.15) is 38.3 Å². The van der Waals surface area contributed by atoms with Crippen LogP contribution in [-0.2, 0) is 0 Å². The number of pyridine rings is 1. The van der Waals surface area contributed by atoms with Gasteiger partial charge in [-0.15, -0.1) is 0 Å². The summed E-state index contributed by atoms with van der Waals surface area (Å²) in [6, 6.07) is 6.41. The molecule has 18 heavy (non-hydrogen) atoms. The molecule has 0 radical (unpaired) electrons. The minimum Gasteiger partial charge on any atom is -0.356 e. The molecule has 1 N–H and O–H groups in total. The summed E-state index contributed by atoms with van der Waals surface area (Å²) >= 11 is 0. The van der Waals surface area contributed by atoms with Crippen molar-refractivity contribution < 1.29 is 0 Å². The van der Waals surface area contributed by atoms with Gasteiger partial charge in [0.25, 0.3) is 0 Å². The molecule has 1 aromatic heterocycles. The molecule has 1 saturated heterocycles. The van der Waals surface area contributed by atoms with E-state index in [4.69, 9.17) is 4.98 Å². The molecule has 1 unspecified atom stereocenters. The van der Waals surface area contributed by atoms with Gasteiger partial charge in [0.05, 0.1) is 0 Å². The predicted molar refractivity (Wildman–Crippen MR) is 77.2 cm³/mol. The molecule has 1 atom stereocenters. The van der Waals surface area contributed by atoms with E-state index < -0.39 is 0 Å². The van der Waals surface area contributed by atoms with Crippen LogP contribution >= 0.6 is 0 Å². The Morgan fingerprint density at radius 2 is 2.28 bits per heavy atom. The number of hydrogen-bond donors (Lipinski definition) is 1. The van der Waals surface area contributed by atoms with Crippen LogP contribution in [0.4, 0.5) is 5.82 Å². The lowest BCUT2D eigenvalue weighted by Gasteiger charge is -2.19. The first-order valence-electron chi connectivity index (χ1n) is 7.07. The van der Waals surface area contributed by atoms with Gasteiger partial charge in [-0.3, -0.25) is 0 Å². The fraction of sp³-hybridized carbons (Fsp3) is 0.667. The summed E-state index contributed by atoms with van der Waals surface area (Å²) < 4.78 is 0. The number of hydrogen-bond acceptors (Lipinski definition) is 3. The van der Waals surface area contributed by atoms with Gasteiger partial charge in [0.1, 0.15) is 5.82 Å². The normalized spacial score (nSPS) is 19.8. The summed E-state index contributed by atoms with van der Waals surface area (Å²) in [5.74, 6) is 2.49. The molecular weight excluding hydrogens is 222 g/mol. The molecule has 3 nitrogen and oxygen atoms in total. The molecule has 3 heteroatoms. The minimum absolute atomic E-state index is 0.507. The summed E-state index contributed by atoms with van der Waals surface area (Å²) in [5, 5.41) is 3.24. The van der Waals surface area contributed by atoms with Crippen LogP contribution in [0.15, 0.2) is 18.2 Å². The zero-order chi connectivity index (χ0) is 13.0. The summed E-state index contributed by atoms with van der Waals surface area (Å²) in [6.07, 6.45) is 2.58. The fourth-order valence-corrected chi connectivity index (χ4v) is 2.56. The smallest absolute Gasteiger partial charge is 0.128 e. The maximum atomic E-state index is 4.78. The van der Waals surface area contributed by atoms with Gasteiger partial charge < -0.3 is 10.2 Å². The highest BCUT2D eigenvalue weighted by atomic mass is 15.2. The Labute approximate surface area is 111 Å². The van der Waals surface area contributed by atoms with Crippen LogP contribution in [0.2, 0.25) is 0 Å². The molecule has 0 saturated carbocycles. The molecule has 2 heterocycles. The molecule has 0 aromatic carbocycles. The Morgan fingerprint density at radius 3 is 3.00 bits per heavy atom. The van der Waals surface area contributed by atoms with Gasteiger partial charge in [-0.1, -0.05) is 19.9 Å². The molecular formula is C15H25N3. The van der Waals surface area contributed by atoms with Crippen molar-refractivity contribution in [2.45, 2.75) is 32.6 Å². The molecule has 1 aromatic rings. The zero-order valence-electron chi connectivity index (χ0n) is 11.8. The van der Waals surface area contributed by atoms with Gasteiger partial charge in [0, 0.05) is 18.8 Å². The van der Waals surface area contributed by atoms with Crippen LogP contribution in [0.25, 0.3) is 0 Å². The highest BCUT2D eigenvalue weighted by Gasteiger charge is 2.23. The van der Waals surface area contributed by atoms with E-state index in [2.05, 4.69) is 42.3 Å². The van der Waals surface area contributed by atoms with Crippen molar-refractivity contribution >= 4 is 5.82 Å². The number of aromatic nitrogens is 1. The molecule has 0 spiro atoms. The Hall–Kier alpha value is -1.09. The summed E-state index contributed by atoms with van der Waals surface area (Å²) in [7, 11) is 2.03. The Balaban J connectivity index is 1.98. The van der Waals surface area contributed by atoms with Gasteiger partial charge in [-0.05, 0) is 50.4 Å². The van der Waals surface area contributed by atoms with E-state index in [0.717, 1.165) is 31.4 Å². The second kappa shape index (κ2) is 6.19. The first kappa shape index (κ1) is 13.3. The average molecular weight is 247 g/mol. The first-order valence-corrected chi connectivity index (χ1v) is 7.07. The van der Waals surface area contributed by atoms with E-state index in [1.54, 1.807) is 0 Å². The van der Waals surface area contributed by atoms with E-state index in [0.29, 0.717) is 5.92 Å². The third kappa shape index (κ3) is 3.22. The van der Waals surface area contributed by atoms with Crippen molar-refractivity contribution in [1.29, 1.82) is 0 Å². The van der Waals surface area contributed by atoms with Crippen LogP contribution in [0, 0.1) is 5.92 Å². The molecule has 2 rings (SSSR count). The topological polar surface area (TPSA) is 28.2 Å². The van der Waals surface area contributed by atoms with E-state index in [-0.39, 0.29) is 0 Å². The van der Waals surface area contributed by atoms with Crippen LogP contribution in [0.3, 0.4) is 0 Å². The van der Waals surface area contributed by atoms with Gasteiger partial charge >= 0.3 is 0 Å². The van der Waals surface area contributed by atoms with Crippen molar-refractivity contribution in [3.63, 3.8) is 0 Å². The van der Waals surface area contributed by atoms with E-state index >= 15 is 0 Å². The summed E-state index contributed by atoms with van der Waals surface area (Å²) in [4.78, 5) is 7.22. The lowest BCUT2D eigenvalue weighted by Crippen LogP contribution is -2.22. The Bertz CT molecular complexity index is 376. The van der Waals surface area contributed by atoms with E-state index in [1.165, 1.54) is 18.5 Å². The number of rotatable bonds is 5. The zero-order valence-corrected chi connectivity index (χ0v) is 11.8. The monoisotopic (exact) mass is 247 g/mol. The van der Waals surface area contributed by atoms with Crippen molar-refractivity contribution in [3.8, 4) is 0 Å². The van der Waals surface area contributed by atoms with Gasteiger partial charge in [0.2, 0.25) is 0 Å². The molecule has 1 aliphatic heterocycles. The van der Waals surface area contributed by atoms with Crippen molar-refractivity contribution in [1.82, 2.24) is 10.3 Å². The Kier molecular flexibility index (Phi) is 4.59. The molecule has 0 bridgehead atoms. The Morgan fingerprint density at radius 1 is 1.44 bits per heavy atom. The third-order valence-electron chi connectivity index (χ3n) is 3.76. The largest absolute Gasteiger partial charge is 0.356 e. The standard InChI is InChI=1S/C15H25N3/c1-12(2)14-5-4-6-15(17-14)18-10-8-13(11-18)7-9-16-3/h4-6,12-13,16H,7-11H2,1-3H3. The average Bonchev–Trinajstić information content (AvgIpc) is 2.85.